The highest BCUT2D eigenvalue weighted by atomic mass is 16.5. The number of amides is 2. The number of benzene rings is 1. The minimum atomic E-state index is -0.479. The molecule has 0 aliphatic rings. The first-order chi connectivity index (χ1) is 10.8. The summed E-state index contributed by atoms with van der Waals surface area (Å²) in [7, 11) is 0. The number of carbonyl (C=O) groups is 1. The third-order valence-electron chi connectivity index (χ3n) is 3.86. The summed E-state index contributed by atoms with van der Waals surface area (Å²) in [4.78, 5) is 12.1. The maximum Gasteiger partial charge on any atom is 0.319 e. The first-order valence-corrected chi connectivity index (χ1v) is 8.16. The summed E-state index contributed by atoms with van der Waals surface area (Å²) < 4.78 is 5.41. The van der Waals surface area contributed by atoms with E-state index in [-0.39, 0.29) is 11.9 Å². The molecule has 3 N–H and O–H groups in total. The quantitative estimate of drug-likeness (QED) is 0.687. The lowest BCUT2D eigenvalue weighted by Crippen LogP contribution is -2.44. The molecule has 130 valence electrons. The number of aliphatic hydroxyl groups is 1. The standard InChI is InChI=1S/C18H30N2O3/c1-6-23-11-14-9-7-8-10-15(14)20-17(22)19-12-18(4,5)16(21)13(2)3/h7-10,13,16,21H,6,11-12H2,1-5H3,(H2,19,20,22). The smallest absolute Gasteiger partial charge is 0.319 e. The molecule has 2 amide bonds. The van der Waals surface area contributed by atoms with Gasteiger partial charge in [-0.05, 0) is 18.9 Å². The summed E-state index contributed by atoms with van der Waals surface area (Å²) >= 11 is 0. The molecule has 0 saturated carbocycles. The minimum Gasteiger partial charge on any atom is -0.392 e. The molecular weight excluding hydrogens is 292 g/mol. The third-order valence-corrected chi connectivity index (χ3v) is 3.86. The Hall–Kier alpha value is -1.59. The van der Waals surface area contributed by atoms with Gasteiger partial charge < -0.3 is 20.5 Å². The minimum absolute atomic E-state index is 0.141. The van der Waals surface area contributed by atoms with Crippen molar-refractivity contribution in [1.82, 2.24) is 5.32 Å². The summed E-state index contributed by atoms with van der Waals surface area (Å²) in [6.07, 6.45) is -0.479. The van der Waals surface area contributed by atoms with E-state index in [0.29, 0.717) is 19.8 Å². The fraction of sp³-hybridized carbons (Fsp3) is 0.611. The third kappa shape index (κ3) is 6.20. The number of hydrogen-bond donors (Lipinski definition) is 3. The summed E-state index contributed by atoms with van der Waals surface area (Å²) in [6, 6.07) is 7.29. The first kappa shape index (κ1) is 19.5. The predicted octanol–water partition coefficient (Wildman–Crippen LogP) is 3.39. The Kier molecular flexibility index (Phi) is 7.52. The molecule has 1 aromatic rings. The molecule has 0 aromatic heterocycles. The lowest BCUT2D eigenvalue weighted by Gasteiger charge is -2.33. The molecule has 1 aromatic carbocycles. The van der Waals surface area contributed by atoms with Crippen molar-refractivity contribution in [2.45, 2.75) is 47.3 Å². The maximum absolute atomic E-state index is 12.1. The number of nitrogens with one attached hydrogen (secondary N) is 2. The normalized spacial score (nSPS) is 13.0. The predicted molar refractivity (Wildman–Crippen MR) is 93.4 cm³/mol. The number of anilines is 1. The van der Waals surface area contributed by atoms with Crippen LogP contribution in [-0.4, -0.2) is 30.4 Å². The van der Waals surface area contributed by atoms with E-state index in [4.69, 9.17) is 4.74 Å². The molecule has 0 spiro atoms. The van der Waals surface area contributed by atoms with Gasteiger partial charge in [0.25, 0.3) is 0 Å². The number of para-hydroxylation sites is 1. The fourth-order valence-electron chi connectivity index (χ4n) is 2.46. The zero-order chi connectivity index (χ0) is 17.5. The second kappa shape index (κ2) is 8.89. The van der Waals surface area contributed by atoms with Crippen molar-refractivity contribution in [1.29, 1.82) is 0 Å². The van der Waals surface area contributed by atoms with Crippen LogP contribution in [0.2, 0.25) is 0 Å². The van der Waals surface area contributed by atoms with Crippen LogP contribution in [0.25, 0.3) is 0 Å². The van der Waals surface area contributed by atoms with Gasteiger partial charge in [0.15, 0.2) is 0 Å². The van der Waals surface area contributed by atoms with Gasteiger partial charge in [-0.1, -0.05) is 45.9 Å². The van der Waals surface area contributed by atoms with Gasteiger partial charge in [0.05, 0.1) is 12.7 Å². The van der Waals surface area contributed by atoms with Crippen LogP contribution >= 0.6 is 0 Å². The number of ether oxygens (including phenoxy) is 1. The molecule has 0 aliphatic heterocycles. The Morgan fingerprint density at radius 3 is 2.57 bits per heavy atom. The van der Waals surface area contributed by atoms with Crippen LogP contribution in [0, 0.1) is 11.3 Å². The average Bonchev–Trinajstić information content (AvgIpc) is 2.51. The summed E-state index contributed by atoms with van der Waals surface area (Å²) in [5.41, 5.74) is 1.28. The molecular formula is C18H30N2O3. The van der Waals surface area contributed by atoms with E-state index < -0.39 is 11.5 Å². The monoisotopic (exact) mass is 322 g/mol. The Labute approximate surface area is 139 Å². The van der Waals surface area contributed by atoms with Gasteiger partial charge in [-0.3, -0.25) is 0 Å². The van der Waals surface area contributed by atoms with Crippen LogP contribution in [0.4, 0.5) is 10.5 Å². The summed E-state index contributed by atoms with van der Waals surface area (Å²) in [5, 5.41) is 15.9. The highest BCUT2D eigenvalue weighted by molar-refractivity contribution is 5.90. The first-order valence-electron chi connectivity index (χ1n) is 8.16. The molecule has 1 rings (SSSR count). The molecule has 0 heterocycles. The van der Waals surface area contributed by atoms with Crippen molar-refractivity contribution in [3.8, 4) is 0 Å². The number of urea groups is 1. The molecule has 0 bridgehead atoms. The van der Waals surface area contributed by atoms with Gasteiger partial charge in [0.2, 0.25) is 0 Å². The van der Waals surface area contributed by atoms with Crippen LogP contribution in [0.1, 0.15) is 40.2 Å². The molecule has 5 nitrogen and oxygen atoms in total. The van der Waals surface area contributed by atoms with E-state index in [1.54, 1.807) is 0 Å². The molecule has 0 aliphatic carbocycles. The van der Waals surface area contributed by atoms with Gasteiger partial charge in [0.1, 0.15) is 0 Å². The van der Waals surface area contributed by atoms with E-state index in [1.807, 2.05) is 58.9 Å². The molecule has 23 heavy (non-hydrogen) atoms. The highest BCUT2D eigenvalue weighted by Gasteiger charge is 2.30. The van der Waals surface area contributed by atoms with Crippen LogP contribution in [-0.2, 0) is 11.3 Å². The van der Waals surface area contributed by atoms with Crippen molar-refractivity contribution in [2.75, 3.05) is 18.5 Å². The number of hydrogen-bond acceptors (Lipinski definition) is 3. The molecule has 1 unspecified atom stereocenters. The number of aliphatic hydroxyl groups excluding tert-OH is 1. The van der Waals surface area contributed by atoms with Gasteiger partial charge in [0, 0.05) is 29.8 Å². The fourth-order valence-corrected chi connectivity index (χ4v) is 2.46. The lowest BCUT2D eigenvalue weighted by atomic mass is 9.81. The molecule has 0 radical (unpaired) electrons. The summed E-state index contributed by atoms with van der Waals surface area (Å²) in [6.45, 7) is 11.2. The zero-order valence-corrected chi connectivity index (χ0v) is 14.8. The Bertz CT molecular complexity index is 501. The highest BCUT2D eigenvalue weighted by Crippen LogP contribution is 2.25. The molecule has 0 saturated heterocycles. The van der Waals surface area contributed by atoms with Crippen LogP contribution in [0.5, 0.6) is 0 Å². The SMILES string of the molecule is CCOCc1ccccc1NC(=O)NCC(C)(C)C(O)C(C)C. The second-order valence-electron chi connectivity index (χ2n) is 6.78. The molecule has 5 heteroatoms. The molecule has 0 fully saturated rings. The Balaban J connectivity index is 2.61. The van der Waals surface area contributed by atoms with E-state index in [9.17, 15) is 9.90 Å². The van der Waals surface area contributed by atoms with E-state index >= 15 is 0 Å². The van der Waals surface area contributed by atoms with E-state index in [2.05, 4.69) is 10.6 Å². The number of rotatable bonds is 8. The average molecular weight is 322 g/mol. The van der Waals surface area contributed by atoms with E-state index in [1.165, 1.54) is 0 Å². The van der Waals surface area contributed by atoms with Crippen LogP contribution in [0.15, 0.2) is 24.3 Å². The Morgan fingerprint density at radius 1 is 1.30 bits per heavy atom. The number of carbonyl (C=O) groups excluding carboxylic acids is 1. The second-order valence-corrected chi connectivity index (χ2v) is 6.78. The topological polar surface area (TPSA) is 70.6 Å². The lowest BCUT2D eigenvalue weighted by molar-refractivity contribution is 0.0154. The maximum atomic E-state index is 12.1. The van der Waals surface area contributed by atoms with Crippen molar-refractivity contribution in [3.05, 3.63) is 29.8 Å². The van der Waals surface area contributed by atoms with Gasteiger partial charge >= 0.3 is 6.03 Å². The van der Waals surface area contributed by atoms with Crippen LogP contribution in [0.3, 0.4) is 0 Å². The van der Waals surface area contributed by atoms with Crippen molar-refractivity contribution in [2.24, 2.45) is 11.3 Å². The summed E-state index contributed by atoms with van der Waals surface area (Å²) in [5.74, 6) is 0.141. The molecule has 1 atom stereocenters. The largest absolute Gasteiger partial charge is 0.392 e. The van der Waals surface area contributed by atoms with Crippen LogP contribution < -0.4 is 10.6 Å². The van der Waals surface area contributed by atoms with Gasteiger partial charge in [-0.15, -0.1) is 0 Å². The zero-order valence-electron chi connectivity index (χ0n) is 14.8. The van der Waals surface area contributed by atoms with Crippen molar-refractivity contribution in [3.63, 3.8) is 0 Å². The van der Waals surface area contributed by atoms with Gasteiger partial charge in [-0.25, -0.2) is 4.79 Å². The van der Waals surface area contributed by atoms with E-state index in [0.717, 1.165) is 11.3 Å². The van der Waals surface area contributed by atoms with Crippen molar-refractivity contribution < 1.29 is 14.6 Å². The Morgan fingerprint density at radius 2 is 1.96 bits per heavy atom. The van der Waals surface area contributed by atoms with Gasteiger partial charge in [-0.2, -0.15) is 0 Å². The van der Waals surface area contributed by atoms with Crippen molar-refractivity contribution >= 4 is 11.7 Å².